The first-order chi connectivity index (χ1) is 8.06. The number of phenols is 2. The lowest BCUT2D eigenvalue weighted by molar-refractivity contribution is 0.459. The first-order valence-corrected chi connectivity index (χ1v) is 5.01. The van der Waals surface area contributed by atoms with Crippen molar-refractivity contribution in [2.45, 2.75) is 6.42 Å². The molecule has 0 unspecified atom stereocenters. The summed E-state index contributed by atoms with van der Waals surface area (Å²) >= 11 is 0. The van der Waals surface area contributed by atoms with Crippen molar-refractivity contribution < 1.29 is 19.0 Å². The number of phenolic OH excluding ortho intramolecular Hbond substituents is 2. The second-order valence-corrected chi connectivity index (χ2v) is 3.72. The summed E-state index contributed by atoms with van der Waals surface area (Å²) in [7, 11) is 0. The number of benzene rings is 2. The summed E-state index contributed by atoms with van der Waals surface area (Å²) in [5, 5.41) is 19.0. The molecule has 0 aliphatic carbocycles. The average Bonchev–Trinajstić information content (AvgIpc) is 2.28. The summed E-state index contributed by atoms with van der Waals surface area (Å²) in [6.45, 7) is 0. The Balaban J connectivity index is 2.37. The van der Waals surface area contributed by atoms with E-state index in [9.17, 15) is 19.0 Å². The maximum atomic E-state index is 13.0. The number of halogens is 2. The summed E-state index contributed by atoms with van der Waals surface area (Å²) < 4.78 is 26.0. The first kappa shape index (κ1) is 11.4. The van der Waals surface area contributed by atoms with Crippen molar-refractivity contribution in [1.29, 1.82) is 0 Å². The van der Waals surface area contributed by atoms with Crippen LogP contribution in [0.25, 0.3) is 0 Å². The van der Waals surface area contributed by atoms with Crippen molar-refractivity contribution in [1.82, 2.24) is 0 Å². The van der Waals surface area contributed by atoms with Crippen LogP contribution < -0.4 is 0 Å². The molecule has 0 saturated heterocycles. The molecule has 4 heteroatoms. The molecule has 2 rings (SSSR count). The SMILES string of the molecule is Oc1ccc(F)cc1Cc1cc(F)ccc1O. The highest BCUT2D eigenvalue weighted by molar-refractivity contribution is 5.41. The first-order valence-electron chi connectivity index (χ1n) is 5.01. The Hall–Kier alpha value is -2.10. The predicted octanol–water partition coefficient (Wildman–Crippen LogP) is 2.97. The fourth-order valence-electron chi connectivity index (χ4n) is 1.60. The second-order valence-electron chi connectivity index (χ2n) is 3.72. The molecule has 0 bridgehead atoms. The van der Waals surface area contributed by atoms with E-state index < -0.39 is 11.6 Å². The van der Waals surface area contributed by atoms with Gasteiger partial charge in [0.25, 0.3) is 0 Å². The van der Waals surface area contributed by atoms with Crippen molar-refractivity contribution in [3.05, 3.63) is 59.2 Å². The van der Waals surface area contributed by atoms with Crippen LogP contribution in [0, 0.1) is 11.6 Å². The molecule has 0 heterocycles. The number of aromatic hydroxyl groups is 2. The molecule has 0 amide bonds. The molecule has 0 saturated carbocycles. The average molecular weight is 236 g/mol. The van der Waals surface area contributed by atoms with Crippen molar-refractivity contribution in [2.75, 3.05) is 0 Å². The van der Waals surface area contributed by atoms with E-state index in [1.165, 1.54) is 12.1 Å². The molecule has 0 aliphatic rings. The van der Waals surface area contributed by atoms with E-state index in [4.69, 9.17) is 0 Å². The highest BCUT2D eigenvalue weighted by Gasteiger charge is 2.08. The molecule has 0 spiro atoms. The van der Waals surface area contributed by atoms with Gasteiger partial charge in [-0.2, -0.15) is 0 Å². The highest BCUT2D eigenvalue weighted by Crippen LogP contribution is 2.26. The van der Waals surface area contributed by atoms with Gasteiger partial charge in [-0.3, -0.25) is 0 Å². The zero-order chi connectivity index (χ0) is 12.4. The molecule has 2 aromatic carbocycles. The van der Waals surface area contributed by atoms with Crippen LogP contribution in [0.1, 0.15) is 11.1 Å². The minimum atomic E-state index is -0.492. The third-order valence-corrected chi connectivity index (χ3v) is 2.46. The lowest BCUT2D eigenvalue weighted by Crippen LogP contribution is -1.92. The molecule has 0 aliphatic heterocycles. The van der Waals surface area contributed by atoms with Gasteiger partial charge in [-0.15, -0.1) is 0 Å². The van der Waals surface area contributed by atoms with Gasteiger partial charge >= 0.3 is 0 Å². The zero-order valence-corrected chi connectivity index (χ0v) is 8.82. The molecule has 0 atom stereocenters. The van der Waals surface area contributed by atoms with Crippen LogP contribution >= 0.6 is 0 Å². The molecule has 0 aromatic heterocycles. The van der Waals surface area contributed by atoms with Crippen LogP contribution in [0.15, 0.2) is 36.4 Å². The van der Waals surface area contributed by atoms with Crippen LogP contribution in [0.5, 0.6) is 11.5 Å². The topological polar surface area (TPSA) is 40.5 Å². The minimum Gasteiger partial charge on any atom is -0.508 e. The Labute approximate surface area is 96.8 Å². The number of hydrogen-bond acceptors (Lipinski definition) is 2. The third-order valence-electron chi connectivity index (χ3n) is 2.46. The van der Waals surface area contributed by atoms with Gasteiger partial charge in [-0.1, -0.05) is 0 Å². The van der Waals surface area contributed by atoms with Gasteiger partial charge in [0.05, 0.1) is 0 Å². The maximum absolute atomic E-state index is 13.0. The minimum absolute atomic E-state index is 0.0627. The van der Waals surface area contributed by atoms with Crippen LogP contribution in [0.2, 0.25) is 0 Å². The monoisotopic (exact) mass is 236 g/mol. The smallest absolute Gasteiger partial charge is 0.123 e. The van der Waals surface area contributed by atoms with E-state index in [0.717, 1.165) is 24.3 Å². The fraction of sp³-hybridized carbons (Fsp3) is 0.0769. The summed E-state index contributed by atoms with van der Waals surface area (Å²) in [6.07, 6.45) is 0.0627. The summed E-state index contributed by atoms with van der Waals surface area (Å²) in [5.41, 5.74) is 0.594. The van der Waals surface area contributed by atoms with E-state index in [1.54, 1.807) is 0 Å². The Kier molecular flexibility index (Phi) is 2.95. The number of hydrogen-bond donors (Lipinski definition) is 2. The Morgan fingerprint density at radius 3 is 1.59 bits per heavy atom. The van der Waals surface area contributed by atoms with Crippen molar-refractivity contribution in [3.63, 3.8) is 0 Å². The normalized spacial score (nSPS) is 10.5. The molecule has 88 valence electrons. The Morgan fingerprint density at radius 2 is 1.18 bits per heavy atom. The van der Waals surface area contributed by atoms with E-state index in [-0.39, 0.29) is 17.9 Å². The summed E-state index contributed by atoms with van der Waals surface area (Å²) in [6, 6.07) is 7.01. The van der Waals surface area contributed by atoms with Crippen LogP contribution in [0.4, 0.5) is 8.78 Å². The standard InChI is InChI=1S/C13H10F2O2/c14-10-1-3-12(16)8(6-10)5-9-7-11(15)2-4-13(9)17/h1-4,6-7,16-17H,5H2. The third kappa shape index (κ3) is 2.53. The highest BCUT2D eigenvalue weighted by atomic mass is 19.1. The molecule has 0 radical (unpaired) electrons. The van der Waals surface area contributed by atoms with Gasteiger partial charge in [-0.25, -0.2) is 8.78 Å². The second kappa shape index (κ2) is 4.41. The quantitative estimate of drug-likeness (QED) is 0.841. The Morgan fingerprint density at radius 1 is 0.765 bits per heavy atom. The van der Waals surface area contributed by atoms with Gasteiger partial charge < -0.3 is 10.2 Å². The molecule has 17 heavy (non-hydrogen) atoms. The van der Waals surface area contributed by atoms with Crippen molar-refractivity contribution >= 4 is 0 Å². The van der Waals surface area contributed by atoms with E-state index in [2.05, 4.69) is 0 Å². The molecular weight excluding hydrogens is 226 g/mol. The zero-order valence-electron chi connectivity index (χ0n) is 8.82. The molecule has 2 N–H and O–H groups in total. The van der Waals surface area contributed by atoms with Crippen molar-refractivity contribution in [3.8, 4) is 11.5 Å². The van der Waals surface area contributed by atoms with Gasteiger partial charge in [0.1, 0.15) is 23.1 Å². The molecule has 2 aromatic rings. The van der Waals surface area contributed by atoms with Gasteiger partial charge in [-0.05, 0) is 36.4 Å². The summed E-state index contributed by atoms with van der Waals surface area (Å²) in [5.74, 6) is -1.16. The lowest BCUT2D eigenvalue weighted by Gasteiger charge is -2.07. The molecule has 0 fully saturated rings. The maximum Gasteiger partial charge on any atom is 0.123 e. The lowest BCUT2D eigenvalue weighted by atomic mass is 10.0. The van der Waals surface area contributed by atoms with Gasteiger partial charge in [0.15, 0.2) is 0 Å². The van der Waals surface area contributed by atoms with Crippen LogP contribution in [-0.2, 0) is 6.42 Å². The van der Waals surface area contributed by atoms with E-state index >= 15 is 0 Å². The number of rotatable bonds is 2. The molecular formula is C13H10F2O2. The predicted molar refractivity (Wildman–Crippen MR) is 58.9 cm³/mol. The van der Waals surface area contributed by atoms with E-state index in [0.29, 0.717) is 11.1 Å². The van der Waals surface area contributed by atoms with Crippen LogP contribution in [-0.4, -0.2) is 10.2 Å². The van der Waals surface area contributed by atoms with E-state index in [1.807, 2.05) is 0 Å². The van der Waals surface area contributed by atoms with Crippen LogP contribution in [0.3, 0.4) is 0 Å². The van der Waals surface area contributed by atoms with Crippen molar-refractivity contribution in [2.24, 2.45) is 0 Å². The fourth-order valence-corrected chi connectivity index (χ4v) is 1.60. The molecule has 2 nitrogen and oxygen atoms in total. The summed E-state index contributed by atoms with van der Waals surface area (Å²) in [4.78, 5) is 0. The van der Waals surface area contributed by atoms with Gasteiger partial charge in [0, 0.05) is 17.5 Å². The van der Waals surface area contributed by atoms with Gasteiger partial charge in [0.2, 0.25) is 0 Å². The largest absolute Gasteiger partial charge is 0.508 e. The Bertz CT molecular complexity index is 504.